The number of non-ortho nitro benzene ring substituents is 1. The molecule has 0 spiro atoms. The highest BCUT2D eigenvalue weighted by Crippen LogP contribution is 2.34. The van der Waals surface area contributed by atoms with Crippen molar-refractivity contribution in [1.82, 2.24) is 0 Å². The summed E-state index contributed by atoms with van der Waals surface area (Å²) in [6.07, 6.45) is 2.10. The Morgan fingerprint density at radius 1 is 1.18 bits per heavy atom. The monoisotopic (exact) mass is 531 g/mol. The highest BCUT2D eigenvalue weighted by Gasteiger charge is 2.17. The molecule has 1 aliphatic heterocycles. The van der Waals surface area contributed by atoms with E-state index in [1.807, 2.05) is 24.3 Å². The van der Waals surface area contributed by atoms with Gasteiger partial charge in [0.15, 0.2) is 0 Å². The topological polar surface area (TPSA) is 143 Å². The van der Waals surface area contributed by atoms with Gasteiger partial charge in [-0.05, 0) is 56.2 Å². The maximum Gasteiger partial charge on any atom is 0.270 e. The molecule has 1 saturated heterocycles. The summed E-state index contributed by atoms with van der Waals surface area (Å²) in [7, 11) is 0. The summed E-state index contributed by atoms with van der Waals surface area (Å²) in [5.74, 6) is -0.487. The first kappa shape index (κ1) is 27.7. The predicted molar refractivity (Wildman–Crippen MR) is 154 cm³/mol. The number of hydrogen-bond donors (Lipinski definition) is 3. The average molecular weight is 532 g/mol. The zero-order valence-electron chi connectivity index (χ0n) is 22.1. The zero-order valence-corrected chi connectivity index (χ0v) is 22.1. The Morgan fingerprint density at radius 2 is 1.90 bits per heavy atom. The van der Waals surface area contributed by atoms with Crippen molar-refractivity contribution in [3.8, 4) is 11.1 Å². The third-order valence-electron chi connectivity index (χ3n) is 6.43. The van der Waals surface area contributed by atoms with Crippen LogP contribution < -0.4 is 16.0 Å². The Morgan fingerprint density at radius 3 is 2.56 bits per heavy atom. The Balaban J connectivity index is 1.67. The second-order valence-electron chi connectivity index (χ2n) is 10.0. The number of hydrogen-bond acceptors (Lipinski definition) is 8. The van der Waals surface area contributed by atoms with Gasteiger partial charge in [-0.25, -0.2) is 0 Å². The van der Waals surface area contributed by atoms with Crippen LogP contribution in [-0.2, 0) is 4.74 Å². The van der Waals surface area contributed by atoms with Crippen molar-refractivity contribution in [2.45, 2.75) is 25.9 Å². The molecule has 0 bridgehead atoms. The van der Waals surface area contributed by atoms with E-state index < -0.39 is 16.4 Å². The minimum Gasteiger partial charge on any atom is -0.398 e. The number of nitrogen functional groups attached to an aromatic ring is 1. The molecular weight excluding hydrogens is 498 g/mol. The second kappa shape index (κ2) is 12.1. The summed E-state index contributed by atoms with van der Waals surface area (Å²) in [4.78, 5) is 30.5. The first-order valence-corrected chi connectivity index (χ1v) is 12.8. The van der Waals surface area contributed by atoms with Gasteiger partial charge in [0, 0.05) is 71.7 Å². The van der Waals surface area contributed by atoms with Crippen LogP contribution >= 0.6 is 0 Å². The number of nitrogens with zero attached hydrogens (tertiary/aromatic N) is 3. The number of morpholine rings is 1. The first-order valence-electron chi connectivity index (χ1n) is 12.8. The predicted octanol–water partition coefficient (Wildman–Crippen LogP) is 4.51. The summed E-state index contributed by atoms with van der Waals surface area (Å²) in [5.41, 5.74) is 9.74. The van der Waals surface area contributed by atoms with Crippen molar-refractivity contribution < 1.29 is 19.6 Å². The molecule has 10 heteroatoms. The maximum atomic E-state index is 13.2. The lowest BCUT2D eigenvalue weighted by atomic mass is 9.99. The molecule has 1 fully saturated rings. The number of aliphatic hydroxyl groups is 1. The number of carbonyl (C=O) groups excluding carboxylic acids is 1. The SMILES string of the molecule is CC(C)(O)CCN=Cc1cc(NC(=O)c2cccc([N+](=O)[O-])c2)c(-c2ccc(N3CCOCC3)cc2)cc1N. The standard InChI is InChI=1S/C29H33N5O5/c1-29(2,36)10-11-31-19-22-17-27(32-28(35)21-4-3-5-24(16-21)34(37)38)25(18-26(22)30)20-6-8-23(9-7-20)33-12-14-39-15-13-33/h3-9,16-19,36H,10-15,30H2,1-2H3,(H,32,35). The Kier molecular flexibility index (Phi) is 8.58. The molecule has 4 rings (SSSR count). The summed E-state index contributed by atoms with van der Waals surface area (Å²) in [6.45, 7) is 6.85. The molecule has 4 N–H and O–H groups in total. The highest BCUT2D eigenvalue weighted by molar-refractivity contribution is 6.08. The zero-order chi connectivity index (χ0) is 28.0. The van der Waals surface area contributed by atoms with E-state index in [1.54, 1.807) is 32.2 Å². The van der Waals surface area contributed by atoms with Crippen LogP contribution in [0.25, 0.3) is 11.1 Å². The molecule has 0 saturated carbocycles. The number of aliphatic imine (C=N–C) groups is 1. The van der Waals surface area contributed by atoms with Crippen LogP contribution in [0, 0.1) is 10.1 Å². The molecule has 0 aromatic heterocycles. The van der Waals surface area contributed by atoms with Crippen LogP contribution in [0.2, 0.25) is 0 Å². The number of nitro benzene ring substituents is 1. The molecule has 1 amide bonds. The summed E-state index contributed by atoms with van der Waals surface area (Å²) < 4.78 is 5.44. The fourth-order valence-corrected chi connectivity index (χ4v) is 4.22. The van der Waals surface area contributed by atoms with Crippen LogP contribution in [0.4, 0.5) is 22.7 Å². The fourth-order valence-electron chi connectivity index (χ4n) is 4.22. The number of benzene rings is 3. The number of anilines is 3. The smallest absolute Gasteiger partial charge is 0.270 e. The van der Waals surface area contributed by atoms with Crippen LogP contribution in [0.3, 0.4) is 0 Å². The largest absolute Gasteiger partial charge is 0.398 e. The van der Waals surface area contributed by atoms with E-state index in [-0.39, 0.29) is 11.3 Å². The number of nitro groups is 1. The third-order valence-corrected chi connectivity index (χ3v) is 6.43. The molecule has 204 valence electrons. The van der Waals surface area contributed by atoms with Gasteiger partial charge in [0.25, 0.3) is 11.6 Å². The molecule has 10 nitrogen and oxygen atoms in total. The van der Waals surface area contributed by atoms with Gasteiger partial charge in [0.05, 0.1) is 23.7 Å². The van der Waals surface area contributed by atoms with Gasteiger partial charge in [-0.1, -0.05) is 18.2 Å². The maximum absolute atomic E-state index is 13.2. The van der Waals surface area contributed by atoms with Crippen LogP contribution in [0.15, 0.2) is 65.7 Å². The summed E-state index contributed by atoms with van der Waals surface area (Å²) >= 11 is 0. The Hall–Kier alpha value is -4.28. The van der Waals surface area contributed by atoms with E-state index in [1.165, 1.54) is 24.3 Å². The minimum absolute atomic E-state index is 0.162. The Bertz CT molecular complexity index is 1360. The number of ether oxygens (including phenoxy) is 1. The second-order valence-corrected chi connectivity index (χ2v) is 10.0. The van der Waals surface area contributed by atoms with Crippen molar-refractivity contribution in [2.24, 2.45) is 4.99 Å². The van der Waals surface area contributed by atoms with Crippen molar-refractivity contribution >= 4 is 34.9 Å². The molecular formula is C29H33N5O5. The van der Waals surface area contributed by atoms with E-state index in [0.29, 0.717) is 48.7 Å². The third kappa shape index (κ3) is 7.40. The molecule has 3 aromatic rings. The molecule has 0 atom stereocenters. The van der Waals surface area contributed by atoms with Crippen LogP contribution in [0.5, 0.6) is 0 Å². The van der Waals surface area contributed by atoms with Crippen molar-refractivity contribution in [2.75, 3.05) is 48.8 Å². The van der Waals surface area contributed by atoms with Gasteiger partial charge in [-0.3, -0.25) is 19.9 Å². The van der Waals surface area contributed by atoms with Crippen molar-refractivity contribution in [3.63, 3.8) is 0 Å². The molecule has 1 aliphatic rings. The van der Waals surface area contributed by atoms with Crippen molar-refractivity contribution in [1.29, 1.82) is 0 Å². The summed E-state index contributed by atoms with van der Waals surface area (Å²) in [6, 6.07) is 17.1. The number of nitrogens with two attached hydrogens (primary N) is 1. The van der Waals surface area contributed by atoms with Gasteiger partial charge in [-0.2, -0.15) is 0 Å². The molecule has 0 radical (unpaired) electrons. The van der Waals surface area contributed by atoms with Gasteiger partial charge >= 0.3 is 0 Å². The molecule has 39 heavy (non-hydrogen) atoms. The summed E-state index contributed by atoms with van der Waals surface area (Å²) in [5, 5.41) is 24.1. The normalized spacial score (nSPS) is 14.0. The number of rotatable bonds is 9. The lowest BCUT2D eigenvalue weighted by Crippen LogP contribution is -2.36. The van der Waals surface area contributed by atoms with Crippen LogP contribution in [-0.4, -0.2) is 60.6 Å². The Labute approximate surface area is 227 Å². The lowest BCUT2D eigenvalue weighted by molar-refractivity contribution is -0.384. The highest BCUT2D eigenvalue weighted by atomic mass is 16.6. The fraction of sp³-hybridized carbons (Fsp3) is 0.310. The number of nitrogens with one attached hydrogen (secondary N) is 1. The molecule has 3 aromatic carbocycles. The van der Waals surface area contributed by atoms with Gasteiger partial charge in [0.1, 0.15) is 0 Å². The lowest BCUT2D eigenvalue weighted by Gasteiger charge is -2.29. The average Bonchev–Trinajstić information content (AvgIpc) is 2.92. The molecule has 0 aliphatic carbocycles. The quantitative estimate of drug-likeness (QED) is 0.159. The first-order chi connectivity index (χ1) is 18.6. The van der Waals surface area contributed by atoms with E-state index in [9.17, 15) is 20.0 Å². The number of carbonyl (C=O) groups is 1. The molecule has 1 heterocycles. The van der Waals surface area contributed by atoms with Gasteiger partial charge in [-0.15, -0.1) is 0 Å². The van der Waals surface area contributed by atoms with Gasteiger partial charge < -0.3 is 25.8 Å². The number of amides is 1. The van der Waals surface area contributed by atoms with Crippen molar-refractivity contribution in [3.05, 3.63) is 81.9 Å². The van der Waals surface area contributed by atoms with Crippen LogP contribution in [0.1, 0.15) is 36.2 Å². The molecule has 0 unspecified atom stereocenters. The van der Waals surface area contributed by atoms with E-state index in [2.05, 4.69) is 15.2 Å². The minimum atomic E-state index is -0.836. The van der Waals surface area contributed by atoms with E-state index in [4.69, 9.17) is 10.5 Å². The van der Waals surface area contributed by atoms with E-state index >= 15 is 0 Å². The van der Waals surface area contributed by atoms with Gasteiger partial charge in [0.2, 0.25) is 0 Å². The van der Waals surface area contributed by atoms with E-state index in [0.717, 1.165) is 24.3 Å².